The van der Waals surface area contributed by atoms with E-state index in [0.717, 1.165) is 25.6 Å². The second-order valence-corrected chi connectivity index (χ2v) is 7.50. The van der Waals surface area contributed by atoms with Crippen LogP contribution >= 0.6 is 0 Å². The molecule has 0 radical (unpaired) electrons. The van der Waals surface area contributed by atoms with Crippen molar-refractivity contribution in [2.75, 3.05) is 33.2 Å². The topological polar surface area (TPSA) is 48.9 Å². The minimum atomic E-state index is 0.605. The third kappa shape index (κ3) is 7.52. The smallest absolute Gasteiger partial charge is 0.191 e. The molecule has 1 saturated heterocycles. The summed E-state index contributed by atoms with van der Waals surface area (Å²) in [5.74, 6) is 0.849. The number of ether oxygens (including phenoxy) is 1. The molecule has 0 aliphatic carbocycles. The van der Waals surface area contributed by atoms with E-state index in [-0.39, 0.29) is 0 Å². The molecule has 2 N–H and O–H groups in total. The van der Waals surface area contributed by atoms with E-state index in [1.165, 1.54) is 49.0 Å². The van der Waals surface area contributed by atoms with Crippen molar-refractivity contribution < 1.29 is 4.74 Å². The highest BCUT2D eigenvalue weighted by Gasteiger charge is 2.09. The van der Waals surface area contributed by atoms with Crippen molar-refractivity contribution in [3.05, 3.63) is 71.3 Å². The van der Waals surface area contributed by atoms with Crippen molar-refractivity contribution >= 4 is 5.96 Å². The highest BCUT2D eigenvalue weighted by molar-refractivity contribution is 5.79. The van der Waals surface area contributed by atoms with E-state index in [4.69, 9.17) is 4.74 Å². The van der Waals surface area contributed by atoms with E-state index < -0.39 is 0 Å². The van der Waals surface area contributed by atoms with Gasteiger partial charge in [-0.1, -0.05) is 61.0 Å². The Hall–Kier alpha value is -2.37. The van der Waals surface area contributed by atoms with Gasteiger partial charge in [0, 0.05) is 26.7 Å². The van der Waals surface area contributed by atoms with Gasteiger partial charge in [0.05, 0.1) is 13.2 Å². The molecule has 2 aromatic rings. The van der Waals surface area contributed by atoms with Gasteiger partial charge in [-0.15, -0.1) is 0 Å². The van der Waals surface area contributed by atoms with Gasteiger partial charge in [-0.3, -0.25) is 4.99 Å². The fraction of sp³-hybridized carbons (Fsp3) is 0.458. The molecule has 0 atom stereocenters. The molecule has 2 aromatic carbocycles. The summed E-state index contributed by atoms with van der Waals surface area (Å²) in [6, 6.07) is 18.7. The summed E-state index contributed by atoms with van der Waals surface area (Å²) in [6.45, 7) is 6.41. The Morgan fingerprint density at radius 2 is 1.62 bits per heavy atom. The predicted octanol–water partition coefficient (Wildman–Crippen LogP) is 3.55. The Kier molecular flexibility index (Phi) is 9.01. The van der Waals surface area contributed by atoms with Gasteiger partial charge in [-0.05, 0) is 42.6 Å². The van der Waals surface area contributed by atoms with Gasteiger partial charge in [0.2, 0.25) is 0 Å². The summed E-state index contributed by atoms with van der Waals surface area (Å²) in [7, 11) is 1.82. The van der Waals surface area contributed by atoms with Crippen molar-refractivity contribution in [2.24, 2.45) is 4.99 Å². The number of benzene rings is 2. The summed E-state index contributed by atoms with van der Waals surface area (Å²) in [5.41, 5.74) is 3.64. The van der Waals surface area contributed by atoms with Crippen LogP contribution in [0.5, 0.6) is 0 Å². The minimum absolute atomic E-state index is 0.605. The summed E-state index contributed by atoms with van der Waals surface area (Å²) < 4.78 is 5.93. The molecule has 0 spiro atoms. The fourth-order valence-electron chi connectivity index (χ4n) is 3.64. The maximum Gasteiger partial charge on any atom is 0.191 e. The molecule has 29 heavy (non-hydrogen) atoms. The zero-order chi connectivity index (χ0) is 20.2. The molecule has 0 bridgehead atoms. The third-order valence-corrected chi connectivity index (χ3v) is 5.33. The first-order valence-corrected chi connectivity index (χ1v) is 10.7. The molecule has 0 amide bonds. The van der Waals surface area contributed by atoms with Gasteiger partial charge < -0.3 is 20.3 Å². The largest absolute Gasteiger partial charge is 0.372 e. The Morgan fingerprint density at radius 1 is 0.897 bits per heavy atom. The number of hydrogen-bond acceptors (Lipinski definition) is 3. The Morgan fingerprint density at radius 3 is 2.38 bits per heavy atom. The van der Waals surface area contributed by atoms with Crippen LogP contribution < -0.4 is 10.6 Å². The highest BCUT2D eigenvalue weighted by atomic mass is 16.5. The summed E-state index contributed by atoms with van der Waals surface area (Å²) in [6.07, 6.45) is 4.04. The number of piperidine rings is 1. The Labute approximate surface area is 175 Å². The van der Waals surface area contributed by atoms with E-state index in [9.17, 15) is 0 Å². The first kappa shape index (κ1) is 21.3. The normalized spacial score (nSPS) is 15.3. The van der Waals surface area contributed by atoms with Crippen molar-refractivity contribution in [3.63, 3.8) is 0 Å². The molecule has 5 heteroatoms. The maximum atomic E-state index is 5.93. The second kappa shape index (κ2) is 12.2. The van der Waals surface area contributed by atoms with E-state index in [0.29, 0.717) is 13.2 Å². The number of likely N-dealkylation sites (tertiary alicyclic amines) is 1. The molecule has 5 nitrogen and oxygen atoms in total. The van der Waals surface area contributed by atoms with Gasteiger partial charge >= 0.3 is 0 Å². The van der Waals surface area contributed by atoms with Crippen LogP contribution in [0, 0.1) is 0 Å². The van der Waals surface area contributed by atoms with Crippen LogP contribution in [0.4, 0.5) is 0 Å². The monoisotopic (exact) mass is 394 g/mol. The lowest BCUT2D eigenvalue weighted by atomic mass is 10.1. The predicted molar refractivity (Wildman–Crippen MR) is 120 cm³/mol. The van der Waals surface area contributed by atoms with Gasteiger partial charge in [0.25, 0.3) is 0 Å². The quantitative estimate of drug-likeness (QED) is 0.504. The van der Waals surface area contributed by atoms with E-state index in [2.05, 4.69) is 56.9 Å². The molecular formula is C24H34N4O. The highest BCUT2D eigenvalue weighted by Crippen LogP contribution is 2.12. The number of nitrogens with one attached hydrogen (secondary N) is 2. The van der Waals surface area contributed by atoms with Crippen LogP contribution in [0.15, 0.2) is 59.6 Å². The van der Waals surface area contributed by atoms with E-state index in [1.807, 2.05) is 25.2 Å². The van der Waals surface area contributed by atoms with Crippen LogP contribution in [-0.4, -0.2) is 44.1 Å². The van der Waals surface area contributed by atoms with E-state index in [1.54, 1.807) is 0 Å². The number of aliphatic imine (C=N–C) groups is 1. The Bertz CT molecular complexity index is 742. The summed E-state index contributed by atoms with van der Waals surface area (Å²) in [5, 5.41) is 6.87. The molecular weight excluding hydrogens is 360 g/mol. The number of nitrogens with zero attached hydrogens (tertiary/aromatic N) is 2. The maximum absolute atomic E-state index is 5.93. The number of guanidine groups is 1. The molecule has 0 unspecified atom stereocenters. The summed E-state index contributed by atoms with van der Waals surface area (Å²) in [4.78, 5) is 6.89. The van der Waals surface area contributed by atoms with Crippen molar-refractivity contribution in [2.45, 2.75) is 39.0 Å². The Balaban J connectivity index is 1.42. The average Bonchev–Trinajstić information content (AvgIpc) is 2.78. The molecule has 1 aliphatic heterocycles. The van der Waals surface area contributed by atoms with Crippen LogP contribution in [0.1, 0.15) is 36.0 Å². The van der Waals surface area contributed by atoms with E-state index >= 15 is 0 Å². The SMILES string of the molecule is CN=C(NCCN1CCCCC1)NCc1ccccc1COCc1ccccc1. The van der Waals surface area contributed by atoms with Crippen LogP contribution in [-0.2, 0) is 24.5 Å². The standard InChI is InChI=1S/C24H34N4O/c1-25-24(26-14-17-28-15-8-3-9-16-28)27-18-22-12-6-7-13-23(22)20-29-19-21-10-4-2-5-11-21/h2,4-7,10-13H,3,8-9,14-20H2,1H3,(H2,25,26,27). The van der Waals surface area contributed by atoms with Gasteiger partial charge in [0.1, 0.15) is 0 Å². The minimum Gasteiger partial charge on any atom is -0.372 e. The molecule has 1 aliphatic rings. The lowest BCUT2D eigenvalue weighted by Gasteiger charge is -2.26. The first-order chi connectivity index (χ1) is 14.3. The first-order valence-electron chi connectivity index (χ1n) is 10.7. The summed E-state index contributed by atoms with van der Waals surface area (Å²) >= 11 is 0. The van der Waals surface area contributed by atoms with Crippen molar-refractivity contribution in [3.8, 4) is 0 Å². The molecule has 3 rings (SSSR count). The second-order valence-electron chi connectivity index (χ2n) is 7.50. The molecule has 1 fully saturated rings. The van der Waals surface area contributed by atoms with Crippen molar-refractivity contribution in [1.82, 2.24) is 15.5 Å². The molecule has 1 heterocycles. The zero-order valence-corrected chi connectivity index (χ0v) is 17.6. The van der Waals surface area contributed by atoms with Gasteiger partial charge in [0.15, 0.2) is 5.96 Å². The lowest BCUT2D eigenvalue weighted by molar-refractivity contribution is 0.106. The van der Waals surface area contributed by atoms with Gasteiger partial charge in [-0.25, -0.2) is 0 Å². The lowest BCUT2D eigenvalue weighted by Crippen LogP contribution is -2.42. The molecule has 156 valence electrons. The van der Waals surface area contributed by atoms with Crippen molar-refractivity contribution in [1.29, 1.82) is 0 Å². The molecule has 0 aromatic heterocycles. The van der Waals surface area contributed by atoms with Gasteiger partial charge in [-0.2, -0.15) is 0 Å². The number of hydrogen-bond donors (Lipinski definition) is 2. The fourth-order valence-corrected chi connectivity index (χ4v) is 3.64. The van der Waals surface area contributed by atoms with Crippen LogP contribution in [0.3, 0.4) is 0 Å². The number of rotatable bonds is 9. The third-order valence-electron chi connectivity index (χ3n) is 5.33. The molecule has 0 saturated carbocycles. The van der Waals surface area contributed by atoms with Crippen LogP contribution in [0.25, 0.3) is 0 Å². The zero-order valence-electron chi connectivity index (χ0n) is 17.6. The van der Waals surface area contributed by atoms with Crippen LogP contribution in [0.2, 0.25) is 0 Å². The average molecular weight is 395 g/mol.